The maximum Gasteiger partial charge on any atom is 0.276 e. The molecule has 3 aromatic rings. The highest BCUT2D eigenvalue weighted by molar-refractivity contribution is 6.09. The van der Waals surface area contributed by atoms with E-state index in [2.05, 4.69) is 33.9 Å². The Morgan fingerprint density at radius 2 is 2.07 bits per heavy atom. The molecular weight excluding hydrogens is 374 g/mol. The minimum atomic E-state index is -0.107. The van der Waals surface area contributed by atoms with Crippen molar-refractivity contribution in [1.82, 2.24) is 9.55 Å². The van der Waals surface area contributed by atoms with Crippen molar-refractivity contribution in [1.29, 1.82) is 0 Å². The third-order valence-electron chi connectivity index (χ3n) is 5.64. The van der Waals surface area contributed by atoms with Crippen molar-refractivity contribution >= 4 is 28.3 Å². The summed E-state index contributed by atoms with van der Waals surface area (Å²) in [5, 5.41) is 2.14. The highest BCUT2D eigenvalue weighted by Gasteiger charge is 2.26. The number of rotatable bonds is 4. The van der Waals surface area contributed by atoms with Gasteiger partial charge in [0.1, 0.15) is 5.69 Å². The molecule has 1 unspecified atom stereocenters. The number of aromatic nitrogens is 2. The van der Waals surface area contributed by atoms with E-state index in [-0.39, 0.29) is 11.9 Å². The van der Waals surface area contributed by atoms with Gasteiger partial charge in [-0.15, -0.1) is 5.92 Å². The molecule has 1 aliphatic heterocycles. The number of benzene rings is 2. The molecule has 4 rings (SSSR count). The lowest BCUT2D eigenvalue weighted by Crippen LogP contribution is -2.44. The Morgan fingerprint density at radius 1 is 1.27 bits per heavy atom. The highest BCUT2D eigenvalue weighted by Crippen LogP contribution is 2.28. The number of hydrogen-bond acceptors (Lipinski definition) is 4. The molecule has 2 N–H and O–H groups in total. The van der Waals surface area contributed by atoms with Gasteiger partial charge < -0.3 is 15.5 Å². The van der Waals surface area contributed by atoms with Crippen molar-refractivity contribution < 1.29 is 4.79 Å². The Bertz CT molecular complexity index is 1120. The van der Waals surface area contributed by atoms with Crippen molar-refractivity contribution in [2.45, 2.75) is 32.4 Å². The lowest BCUT2D eigenvalue weighted by Gasteiger charge is -2.32. The minimum absolute atomic E-state index is 0.107. The van der Waals surface area contributed by atoms with Crippen LogP contribution >= 0.6 is 0 Å². The van der Waals surface area contributed by atoms with Gasteiger partial charge in [-0.2, -0.15) is 0 Å². The number of piperidine rings is 1. The number of amides is 1. The molecule has 0 spiro atoms. The number of hydrogen-bond donors (Lipinski definition) is 1. The van der Waals surface area contributed by atoms with Crippen molar-refractivity contribution in [3.8, 4) is 11.8 Å². The fourth-order valence-corrected chi connectivity index (χ4v) is 4.08. The standard InChI is InChI=1S/C24H27N5O/c1-3-4-15-29-22(16-26-24(29)28-14-8-11-19(25)17-28)23(30)27(2)21-13-7-10-18-9-5-6-12-20(18)21/h5-7,9-10,12-13,16,19H,8,11,14-15,17,25H2,1-2H3. The monoisotopic (exact) mass is 401 g/mol. The van der Waals surface area contributed by atoms with Crippen LogP contribution in [0.15, 0.2) is 48.7 Å². The molecule has 1 amide bonds. The van der Waals surface area contributed by atoms with Crippen LogP contribution in [0, 0.1) is 11.8 Å². The van der Waals surface area contributed by atoms with Crippen LogP contribution in [0.3, 0.4) is 0 Å². The van der Waals surface area contributed by atoms with Gasteiger partial charge >= 0.3 is 0 Å². The van der Waals surface area contributed by atoms with Gasteiger partial charge in [-0.1, -0.05) is 42.3 Å². The predicted octanol–water partition coefficient (Wildman–Crippen LogP) is 3.26. The van der Waals surface area contributed by atoms with E-state index in [1.54, 1.807) is 18.0 Å². The molecular formula is C24H27N5O. The summed E-state index contributed by atoms with van der Waals surface area (Å²) in [6.45, 7) is 3.85. The van der Waals surface area contributed by atoms with Crippen molar-refractivity contribution in [3.63, 3.8) is 0 Å². The second kappa shape index (κ2) is 8.60. The van der Waals surface area contributed by atoms with E-state index >= 15 is 0 Å². The van der Waals surface area contributed by atoms with Crippen LogP contribution in [0.25, 0.3) is 10.8 Å². The summed E-state index contributed by atoms with van der Waals surface area (Å²) in [6.07, 6.45) is 3.70. The van der Waals surface area contributed by atoms with Gasteiger partial charge in [0.15, 0.2) is 0 Å². The average molecular weight is 402 g/mol. The number of anilines is 2. The maximum absolute atomic E-state index is 13.5. The lowest BCUT2D eigenvalue weighted by atomic mass is 10.1. The molecule has 154 valence electrons. The van der Waals surface area contributed by atoms with Gasteiger partial charge in [0, 0.05) is 31.6 Å². The first kappa shape index (κ1) is 20.0. The van der Waals surface area contributed by atoms with E-state index in [4.69, 9.17) is 5.73 Å². The largest absolute Gasteiger partial charge is 0.341 e. The van der Waals surface area contributed by atoms with Crippen LogP contribution in [0.2, 0.25) is 0 Å². The third kappa shape index (κ3) is 3.77. The molecule has 0 bridgehead atoms. The molecule has 2 aromatic carbocycles. The zero-order valence-electron chi connectivity index (χ0n) is 17.5. The van der Waals surface area contributed by atoms with Gasteiger partial charge in [-0.05, 0) is 31.2 Å². The van der Waals surface area contributed by atoms with Crippen LogP contribution in [0.5, 0.6) is 0 Å². The van der Waals surface area contributed by atoms with Crippen LogP contribution < -0.4 is 15.5 Å². The summed E-state index contributed by atoms with van der Waals surface area (Å²) in [4.78, 5) is 22.0. The van der Waals surface area contributed by atoms with Gasteiger partial charge in [0.2, 0.25) is 5.95 Å². The molecule has 1 fully saturated rings. The zero-order chi connectivity index (χ0) is 21.1. The van der Waals surface area contributed by atoms with E-state index in [1.807, 2.05) is 41.9 Å². The highest BCUT2D eigenvalue weighted by atomic mass is 16.2. The molecule has 1 aromatic heterocycles. The van der Waals surface area contributed by atoms with E-state index in [1.165, 1.54) is 0 Å². The van der Waals surface area contributed by atoms with Crippen molar-refractivity contribution in [2.75, 3.05) is 29.9 Å². The number of carbonyl (C=O) groups excluding carboxylic acids is 1. The maximum atomic E-state index is 13.5. The number of carbonyl (C=O) groups is 1. The summed E-state index contributed by atoms with van der Waals surface area (Å²) < 4.78 is 1.92. The van der Waals surface area contributed by atoms with Crippen molar-refractivity contribution in [3.05, 3.63) is 54.4 Å². The minimum Gasteiger partial charge on any atom is -0.341 e. The van der Waals surface area contributed by atoms with Crippen LogP contribution in [-0.2, 0) is 6.54 Å². The van der Waals surface area contributed by atoms with Crippen LogP contribution in [0.4, 0.5) is 11.6 Å². The average Bonchev–Trinajstić information content (AvgIpc) is 3.20. The van der Waals surface area contributed by atoms with Crippen LogP contribution in [-0.4, -0.2) is 41.6 Å². The third-order valence-corrected chi connectivity index (χ3v) is 5.64. The summed E-state index contributed by atoms with van der Waals surface area (Å²) >= 11 is 0. The normalized spacial score (nSPS) is 16.2. The Labute approximate surface area is 177 Å². The van der Waals surface area contributed by atoms with Gasteiger partial charge in [-0.3, -0.25) is 9.36 Å². The number of imidazole rings is 1. The van der Waals surface area contributed by atoms with E-state index in [0.29, 0.717) is 12.2 Å². The molecule has 6 heteroatoms. The fourth-order valence-electron chi connectivity index (χ4n) is 4.08. The fraction of sp³-hybridized carbons (Fsp3) is 0.333. The molecule has 0 aliphatic carbocycles. The SMILES string of the molecule is CC#CCn1c(C(=O)N(C)c2cccc3ccccc23)cnc1N1CCCC(N)C1. The number of nitrogens with two attached hydrogens (primary N) is 1. The number of fused-ring (bicyclic) bond motifs is 1. The second-order valence-electron chi connectivity index (χ2n) is 7.67. The molecule has 1 saturated heterocycles. The molecule has 0 saturated carbocycles. The summed E-state index contributed by atoms with van der Waals surface area (Å²) in [5.41, 5.74) is 7.57. The predicted molar refractivity (Wildman–Crippen MR) is 122 cm³/mol. The first-order chi connectivity index (χ1) is 14.6. The quantitative estimate of drug-likeness (QED) is 0.682. The topological polar surface area (TPSA) is 67.4 Å². The first-order valence-electron chi connectivity index (χ1n) is 10.3. The molecule has 30 heavy (non-hydrogen) atoms. The summed E-state index contributed by atoms with van der Waals surface area (Å²) in [5.74, 6) is 6.68. The van der Waals surface area contributed by atoms with Crippen LogP contribution in [0.1, 0.15) is 30.3 Å². The van der Waals surface area contributed by atoms with E-state index < -0.39 is 0 Å². The summed E-state index contributed by atoms with van der Waals surface area (Å²) in [6, 6.07) is 14.2. The molecule has 1 aliphatic rings. The smallest absolute Gasteiger partial charge is 0.276 e. The molecule has 1 atom stereocenters. The molecule has 2 heterocycles. The van der Waals surface area contributed by atoms with Crippen molar-refractivity contribution in [2.24, 2.45) is 5.73 Å². The second-order valence-corrected chi connectivity index (χ2v) is 7.67. The van der Waals surface area contributed by atoms with Gasteiger partial charge in [0.25, 0.3) is 5.91 Å². The molecule has 0 radical (unpaired) electrons. The van der Waals surface area contributed by atoms with E-state index in [0.717, 1.165) is 48.3 Å². The summed E-state index contributed by atoms with van der Waals surface area (Å²) in [7, 11) is 1.81. The Kier molecular flexibility index (Phi) is 5.73. The van der Waals surface area contributed by atoms with Gasteiger partial charge in [-0.25, -0.2) is 4.98 Å². The Morgan fingerprint density at radius 3 is 2.87 bits per heavy atom. The Hall–Kier alpha value is -3.30. The first-order valence-corrected chi connectivity index (χ1v) is 10.3. The number of nitrogens with zero attached hydrogens (tertiary/aromatic N) is 4. The van der Waals surface area contributed by atoms with Gasteiger partial charge in [0.05, 0.1) is 18.4 Å². The molecule has 6 nitrogen and oxygen atoms in total. The lowest BCUT2D eigenvalue weighted by molar-refractivity contribution is 0.0985. The Balaban J connectivity index is 1.71. The van der Waals surface area contributed by atoms with E-state index in [9.17, 15) is 4.79 Å². The zero-order valence-corrected chi connectivity index (χ0v) is 17.5.